The number of rotatable bonds is 8. The summed E-state index contributed by atoms with van der Waals surface area (Å²) in [6.07, 6.45) is -0.724. The second-order valence-electron chi connectivity index (χ2n) is 6.38. The Balaban J connectivity index is 1.46. The maximum Gasteiger partial charge on any atom is 0.347 e. The van der Waals surface area contributed by atoms with Gasteiger partial charge >= 0.3 is 5.97 Å². The molecule has 29 heavy (non-hydrogen) atoms. The summed E-state index contributed by atoms with van der Waals surface area (Å²) in [6, 6.07) is 21.7. The molecule has 0 aliphatic heterocycles. The van der Waals surface area contributed by atoms with Crippen molar-refractivity contribution in [2.75, 3.05) is 0 Å². The number of halogens is 2. The second-order valence-corrected chi connectivity index (χ2v) is 7.25. The maximum absolute atomic E-state index is 12.1. The van der Waals surface area contributed by atoms with Crippen LogP contribution >= 0.6 is 23.2 Å². The fourth-order valence-electron chi connectivity index (χ4n) is 2.47. The van der Waals surface area contributed by atoms with Gasteiger partial charge in [-0.2, -0.15) is 0 Å². The van der Waals surface area contributed by atoms with Crippen LogP contribution in [0.5, 0.6) is 11.5 Å². The lowest BCUT2D eigenvalue weighted by Crippen LogP contribution is -2.26. The molecule has 0 aliphatic carbocycles. The van der Waals surface area contributed by atoms with Crippen LogP contribution in [0.2, 0.25) is 10.0 Å². The zero-order valence-electron chi connectivity index (χ0n) is 15.8. The molecular weight excluding hydrogens is 411 g/mol. The van der Waals surface area contributed by atoms with Crippen LogP contribution in [0.1, 0.15) is 18.1 Å². The molecule has 3 aromatic carbocycles. The van der Waals surface area contributed by atoms with Gasteiger partial charge in [0.15, 0.2) is 6.10 Å². The van der Waals surface area contributed by atoms with Crippen molar-refractivity contribution < 1.29 is 19.0 Å². The molecule has 1 atom stereocenters. The van der Waals surface area contributed by atoms with Gasteiger partial charge < -0.3 is 14.2 Å². The molecule has 0 N–H and O–H groups in total. The first-order valence-electron chi connectivity index (χ1n) is 9.04. The predicted octanol–water partition coefficient (Wildman–Crippen LogP) is 6.08. The summed E-state index contributed by atoms with van der Waals surface area (Å²) in [5, 5.41) is 1.30. The average Bonchev–Trinajstić information content (AvgIpc) is 2.73. The normalized spacial score (nSPS) is 11.6. The molecular formula is C23H20Cl2O4. The number of hydrogen-bond acceptors (Lipinski definition) is 4. The van der Waals surface area contributed by atoms with E-state index in [1.807, 2.05) is 36.4 Å². The van der Waals surface area contributed by atoms with Crippen molar-refractivity contribution in [2.45, 2.75) is 26.2 Å². The van der Waals surface area contributed by atoms with E-state index in [-0.39, 0.29) is 6.61 Å². The van der Waals surface area contributed by atoms with Gasteiger partial charge in [-0.1, -0.05) is 47.5 Å². The van der Waals surface area contributed by atoms with Crippen LogP contribution in [0.3, 0.4) is 0 Å². The molecule has 0 saturated heterocycles. The van der Waals surface area contributed by atoms with E-state index in [1.165, 1.54) is 0 Å². The standard InChI is InChI=1S/C23H20Cl2O4/c1-16(23(26)28-15-17-2-6-19(24)7-3-17)29-22-10-4-18(5-11-22)14-27-21-12-8-20(25)9-13-21/h2-13,16H,14-15H2,1H3. The summed E-state index contributed by atoms with van der Waals surface area (Å²) in [5.41, 5.74) is 1.84. The van der Waals surface area contributed by atoms with Crippen LogP contribution in [0.25, 0.3) is 0 Å². The topological polar surface area (TPSA) is 44.8 Å². The lowest BCUT2D eigenvalue weighted by molar-refractivity contribution is -0.152. The first kappa shape index (κ1) is 21.0. The lowest BCUT2D eigenvalue weighted by Gasteiger charge is -2.14. The Labute approximate surface area is 179 Å². The molecule has 0 amide bonds. The molecule has 6 heteroatoms. The second kappa shape index (κ2) is 10.2. The Morgan fingerprint density at radius 1 is 0.759 bits per heavy atom. The predicted molar refractivity (Wildman–Crippen MR) is 114 cm³/mol. The van der Waals surface area contributed by atoms with Crippen molar-refractivity contribution in [3.63, 3.8) is 0 Å². The monoisotopic (exact) mass is 430 g/mol. The van der Waals surface area contributed by atoms with Gasteiger partial charge in [0.2, 0.25) is 0 Å². The molecule has 4 nitrogen and oxygen atoms in total. The highest BCUT2D eigenvalue weighted by Gasteiger charge is 2.16. The van der Waals surface area contributed by atoms with Crippen LogP contribution in [0.4, 0.5) is 0 Å². The summed E-state index contributed by atoms with van der Waals surface area (Å²) >= 11 is 11.7. The van der Waals surface area contributed by atoms with Crippen molar-refractivity contribution in [1.29, 1.82) is 0 Å². The Morgan fingerprint density at radius 3 is 1.86 bits per heavy atom. The van der Waals surface area contributed by atoms with Crippen molar-refractivity contribution in [2.24, 2.45) is 0 Å². The molecule has 0 radical (unpaired) electrons. The highest BCUT2D eigenvalue weighted by Crippen LogP contribution is 2.19. The zero-order chi connectivity index (χ0) is 20.6. The number of esters is 1. The highest BCUT2D eigenvalue weighted by molar-refractivity contribution is 6.30. The summed E-state index contributed by atoms with van der Waals surface area (Å²) in [5.74, 6) is 0.887. The van der Waals surface area contributed by atoms with E-state index < -0.39 is 12.1 Å². The van der Waals surface area contributed by atoms with Crippen molar-refractivity contribution in [3.8, 4) is 11.5 Å². The number of hydrogen-bond donors (Lipinski definition) is 0. The van der Waals surface area contributed by atoms with Crippen LogP contribution < -0.4 is 9.47 Å². The van der Waals surface area contributed by atoms with E-state index in [0.29, 0.717) is 22.4 Å². The minimum Gasteiger partial charge on any atom is -0.489 e. The zero-order valence-corrected chi connectivity index (χ0v) is 17.3. The first-order valence-corrected chi connectivity index (χ1v) is 9.80. The van der Waals surface area contributed by atoms with Crippen LogP contribution in [0.15, 0.2) is 72.8 Å². The Morgan fingerprint density at radius 2 is 1.24 bits per heavy atom. The molecule has 1 unspecified atom stereocenters. The third kappa shape index (κ3) is 6.70. The van der Waals surface area contributed by atoms with E-state index >= 15 is 0 Å². The SMILES string of the molecule is CC(Oc1ccc(COc2ccc(Cl)cc2)cc1)C(=O)OCc1ccc(Cl)cc1. The smallest absolute Gasteiger partial charge is 0.347 e. The van der Waals surface area contributed by atoms with Gasteiger partial charge in [0, 0.05) is 10.0 Å². The molecule has 0 aromatic heterocycles. The van der Waals surface area contributed by atoms with Crippen molar-refractivity contribution in [3.05, 3.63) is 94.0 Å². The molecule has 0 saturated carbocycles. The molecule has 0 spiro atoms. The third-order valence-electron chi connectivity index (χ3n) is 4.08. The molecule has 150 valence electrons. The number of ether oxygens (including phenoxy) is 3. The molecule has 0 bridgehead atoms. The number of carbonyl (C=O) groups excluding carboxylic acids is 1. The minimum atomic E-state index is -0.724. The molecule has 0 fully saturated rings. The van der Waals surface area contributed by atoms with Gasteiger partial charge in [-0.3, -0.25) is 0 Å². The van der Waals surface area contributed by atoms with E-state index in [0.717, 1.165) is 16.9 Å². The van der Waals surface area contributed by atoms with Crippen LogP contribution in [-0.2, 0) is 22.7 Å². The van der Waals surface area contributed by atoms with Crippen LogP contribution in [0, 0.1) is 0 Å². The quantitative estimate of drug-likeness (QED) is 0.406. The van der Waals surface area contributed by atoms with Gasteiger partial charge in [0.1, 0.15) is 24.7 Å². The van der Waals surface area contributed by atoms with Crippen LogP contribution in [-0.4, -0.2) is 12.1 Å². The molecule has 0 aliphatic rings. The lowest BCUT2D eigenvalue weighted by atomic mass is 10.2. The largest absolute Gasteiger partial charge is 0.489 e. The summed E-state index contributed by atoms with van der Waals surface area (Å²) in [4.78, 5) is 12.1. The van der Waals surface area contributed by atoms with E-state index in [1.54, 1.807) is 43.3 Å². The van der Waals surface area contributed by atoms with E-state index in [4.69, 9.17) is 37.4 Å². The molecule has 3 rings (SSSR count). The van der Waals surface area contributed by atoms with Gasteiger partial charge in [-0.05, 0) is 66.6 Å². The fourth-order valence-corrected chi connectivity index (χ4v) is 2.72. The number of benzene rings is 3. The number of carbonyl (C=O) groups is 1. The van der Waals surface area contributed by atoms with E-state index in [9.17, 15) is 4.79 Å². The maximum atomic E-state index is 12.1. The third-order valence-corrected chi connectivity index (χ3v) is 4.59. The average molecular weight is 431 g/mol. The first-order chi connectivity index (χ1) is 14.0. The summed E-state index contributed by atoms with van der Waals surface area (Å²) in [7, 11) is 0. The minimum absolute atomic E-state index is 0.171. The van der Waals surface area contributed by atoms with E-state index in [2.05, 4.69) is 0 Å². The van der Waals surface area contributed by atoms with Crippen molar-refractivity contribution in [1.82, 2.24) is 0 Å². The van der Waals surface area contributed by atoms with Gasteiger partial charge in [-0.15, -0.1) is 0 Å². The molecule has 3 aromatic rings. The summed E-state index contributed by atoms with van der Waals surface area (Å²) in [6.45, 7) is 2.24. The molecule has 0 heterocycles. The van der Waals surface area contributed by atoms with Gasteiger partial charge in [-0.25, -0.2) is 4.79 Å². The summed E-state index contributed by atoms with van der Waals surface area (Å²) < 4.78 is 16.7. The fraction of sp³-hybridized carbons (Fsp3) is 0.174. The Kier molecular flexibility index (Phi) is 7.39. The Hall–Kier alpha value is -2.69. The highest BCUT2D eigenvalue weighted by atomic mass is 35.5. The Bertz CT molecular complexity index is 923. The van der Waals surface area contributed by atoms with Gasteiger partial charge in [0.25, 0.3) is 0 Å². The van der Waals surface area contributed by atoms with Gasteiger partial charge in [0.05, 0.1) is 0 Å². The van der Waals surface area contributed by atoms with Crippen molar-refractivity contribution >= 4 is 29.2 Å².